The number of carboxylic acids is 1. The zero-order valence-electron chi connectivity index (χ0n) is 11.5. The maximum absolute atomic E-state index is 11.7. The van der Waals surface area contributed by atoms with E-state index in [0.717, 1.165) is 0 Å². The summed E-state index contributed by atoms with van der Waals surface area (Å²) in [6, 6.07) is -0.431. The number of carbonyl (C=O) groups excluding carboxylic acids is 1. The van der Waals surface area contributed by atoms with Crippen LogP contribution in [0.15, 0.2) is 11.5 Å². The fourth-order valence-electron chi connectivity index (χ4n) is 2.49. The molecule has 3 aliphatic rings. The summed E-state index contributed by atoms with van der Waals surface area (Å²) in [4.78, 5) is 32.5. The number of carboxylic acid groups (broad SMARTS) is 2. The van der Waals surface area contributed by atoms with Crippen molar-refractivity contribution in [2.45, 2.75) is 31.3 Å². The number of aliphatic carboxylic acids is 1. The van der Waals surface area contributed by atoms with E-state index in [-0.39, 0.29) is 30.0 Å². The fraction of sp³-hybridized carbons (Fsp3) is 0.545. The molecule has 2 fully saturated rings. The molecule has 0 aromatic rings. The summed E-state index contributed by atoms with van der Waals surface area (Å²) < 4.78 is 41.8. The smallest absolute Gasteiger partial charge is 0.475 e. The maximum Gasteiger partial charge on any atom is 0.512 e. The third-order valence-corrected chi connectivity index (χ3v) is 3.43. The third kappa shape index (κ3) is 2.94. The lowest BCUT2D eigenvalue weighted by Crippen LogP contribution is -2.73. The molecular weight excluding hydrogens is 329 g/mol. The molecule has 3 rings (SSSR count). The second kappa shape index (κ2) is 5.70. The number of rotatable bonds is 1. The van der Waals surface area contributed by atoms with Gasteiger partial charge in [-0.3, -0.25) is 15.0 Å². The third-order valence-electron chi connectivity index (χ3n) is 3.43. The molecule has 0 spiro atoms. The van der Waals surface area contributed by atoms with E-state index in [1.54, 1.807) is 6.92 Å². The van der Waals surface area contributed by atoms with E-state index < -0.39 is 18.3 Å². The Morgan fingerprint density at radius 2 is 1.96 bits per heavy atom. The molecule has 1 amide bonds. The highest BCUT2D eigenvalue weighted by Crippen LogP contribution is 2.42. The monoisotopic (exact) mass is 340 g/mol. The van der Waals surface area contributed by atoms with Crippen molar-refractivity contribution in [1.82, 2.24) is 10.2 Å². The van der Waals surface area contributed by atoms with Gasteiger partial charge in [-0.2, -0.15) is 13.2 Å². The first-order valence-electron chi connectivity index (χ1n) is 6.15. The summed E-state index contributed by atoms with van der Waals surface area (Å²) in [6.45, 7) is 2.01. The van der Waals surface area contributed by atoms with E-state index in [9.17, 15) is 22.8 Å². The lowest BCUT2D eigenvalue weighted by Gasteiger charge is -2.47. The molecule has 128 valence electrons. The quantitative estimate of drug-likeness (QED) is 0.453. The zero-order chi connectivity index (χ0) is 17.5. The number of nitrogens with one attached hydrogen (secondary N) is 1. The van der Waals surface area contributed by atoms with Gasteiger partial charge in [-0.05, 0) is 6.92 Å². The Bertz CT molecular complexity index is 589. The van der Waals surface area contributed by atoms with Gasteiger partial charge in [0.25, 0.3) is 0 Å². The van der Waals surface area contributed by atoms with Crippen LogP contribution in [0.1, 0.15) is 6.92 Å². The first kappa shape index (κ1) is 17.0. The SMILES string of the molecule is CC1=C(OC(=O)O)N2C(=O)[C@H]3NCOC1[C@@H]32.O=C(O)C(F)(F)F. The van der Waals surface area contributed by atoms with Crippen LogP contribution in [-0.4, -0.2) is 64.2 Å². The van der Waals surface area contributed by atoms with Crippen LogP contribution in [0.3, 0.4) is 0 Å². The molecule has 23 heavy (non-hydrogen) atoms. The van der Waals surface area contributed by atoms with Crippen molar-refractivity contribution in [3.63, 3.8) is 0 Å². The molecule has 0 radical (unpaired) electrons. The number of hydrogen-bond acceptors (Lipinski definition) is 6. The Hall–Kier alpha value is -2.34. The lowest BCUT2D eigenvalue weighted by atomic mass is 9.91. The number of nitrogens with zero attached hydrogens (tertiary/aromatic N) is 1. The second-order valence-electron chi connectivity index (χ2n) is 4.77. The molecule has 2 saturated heterocycles. The molecule has 0 saturated carbocycles. The van der Waals surface area contributed by atoms with Crippen LogP contribution in [0.2, 0.25) is 0 Å². The second-order valence-corrected chi connectivity index (χ2v) is 4.77. The number of ether oxygens (including phenoxy) is 2. The van der Waals surface area contributed by atoms with E-state index in [2.05, 4.69) is 10.1 Å². The van der Waals surface area contributed by atoms with Crippen LogP contribution < -0.4 is 5.32 Å². The van der Waals surface area contributed by atoms with E-state index in [1.807, 2.05) is 0 Å². The van der Waals surface area contributed by atoms with Crippen LogP contribution in [0.25, 0.3) is 0 Å². The number of amides is 1. The highest BCUT2D eigenvalue weighted by molar-refractivity contribution is 5.93. The van der Waals surface area contributed by atoms with Gasteiger partial charge < -0.3 is 19.7 Å². The Balaban J connectivity index is 0.000000236. The Kier molecular flexibility index (Phi) is 4.22. The first-order chi connectivity index (χ1) is 10.6. The van der Waals surface area contributed by atoms with Crippen LogP contribution in [0, 0.1) is 0 Å². The van der Waals surface area contributed by atoms with Gasteiger partial charge in [0, 0.05) is 5.57 Å². The summed E-state index contributed by atoms with van der Waals surface area (Å²) in [6.07, 6.45) is -6.75. The number of carbonyl (C=O) groups is 3. The van der Waals surface area contributed by atoms with Crippen molar-refractivity contribution in [2.24, 2.45) is 0 Å². The summed E-state index contributed by atoms with van der Waals surface area (Å²) in [7, 11) is 0. The summed E-state index contributed by atoms with van der Waals surface area (Å²) >= 11 is 0. The number of halogens is 3. The fourth-order valence-corrected chi connectivity index (χ4v) is 2.49. The van der Waals surface area contributed by atoms with Crippen LogP contribution in [0.4, 0.5) is 18.0 Å². The maximum atomic E-state index is 11.7. The molecule has 3 N–H and O–H groups in total. The Morgan fingerprint density at radius 1 is 1.39 bits per heavy atom. The average molecular weight is 340 g/mol. The normalized spacial score (nSPS) is 28.4. The highest BCUT2D eigenvalue weighted by atomic mass is 19.4. The van der Waals surface area contributed by atoms with Crippen LogP contribution >= 0.6 is 0 Å². The molecule has 3 heterocycles. The van der Waals surface area contributed by atoms with E-state index in [0.29, 0.717) is 12.3 Å². The number of hydrogen-bond donors (Lipinski definition) is 3. The van der Waals surface area contributed by atoms with Crippen LogP contribution in [0.5, 0.6) is 0 Å². The molecule has 0 aromatic carbocycles. The average Bonchev–Trinajstić information content (AvgIpc) is 2.69. The Morgan fingerprint density at radius 3 is 2.43 bits per heavy atom. The van der Waals surface area contributed by atoms with Gasteiger partial charge in [-0.25, -0.2) is 9.59 Å². The van der Waals surface area contributed by atoms with Crippen molar-refractivity contribution in [1.29, 1.82) is 0 Å². The summed E-state index contributed by atoms with van der Waals surface area (Å²) in [5, 5.41) is 18.6. The van der Waals surface area contributed by atoms with Gasteiger partial charge >= 0.3 is 18.3 Å². The van der Waals surface area contributed by atoms with Gasteiger partial charge in [0.15, 0.2) is 0 Å². The van der Waals surface area contributed by atoms with Crippen molar-refractivity contribution in [2.75, 3.05) is 6.73 Å². The molecule has 1 unspecified atom stereocenters. The molecule has 0 bridgehead atoms. The van der Waals surface area contributed by atoms with Gasteiger partial charge in [0.05, 0.1) is 12.8 Å². The number of alkyl halides is 3. The summed E-state index contributed by atoms with van der Waals surface area (Å²) in [5.74, 6) is -2.81. The lowest BCUT2D eigenvalue weighted by molar-refractivity contribution is -0.192. The van der Waals surface area contributed by atoms with E-state index >= 15 is 0 Å². The van der Waals surface area contributed by atoms with Crippen molar-refractivity contribution in [3.8, 4) is 0 Å². The molecule has 3 aliphatic heterocycles. The van der Waals surface area contributed by atoms with Gasteiger partial charge in [-0.1, -0.05) is 0 Å². The Labute approximate surface area is 126 Å². The molecular formula is C11H11F3N2O7. The van der Waals surface area contributed by atoms with Gasteiger partial charge in [0.2, 0.25) is 11.8 Å². The summed E-state index contributed by atoms with van der Waals surface area (Å²) in [5.41, 5.74) is 0.657. The number of β-lactam (4-membered cyclic amide) rings is 1. The standard InChI is InChI=1S/C9H10N2O5.C2HF3O2/c1-3-6-5-4(10-2-15-6)7(12)11(5)8(3)16-9(13)14;3-2(4,5)1(6)7/h4-6,10H,2H2,1H3,(H,13,14);(H,6,7)/t4-,5+,6?;/m0./s1. The van der Waals surface area contributed by atoms with Crippen molar-refractivity contribution >= 4 is 18.0 Å². The topological polar surface area (TPSA) is 125 Å². The van der Waals surface area contributed by atoms with Gasteiger partial charge in [0.1, 0.15) is 12.1 Å². The van der Waals surface area contributed by atoms with Crippen LogP contribution in [-0.2, 0) is 19.1 Å². The van der Waals surface area contributed by atoms with Crippen molar-refractivity contribution < 1.29 is 47.2 Å². The minimum atomic E-state index is -5.08. The molecule has 3 atom stereocenters. The molecule has 0 aliphatic carbocycles. The van der Waals surface area contributed by atoms with E-state index in [4.69, 9.17) is 19.7 Å². The molecule has 9 nitrogen and oxygen atoms in total. The minimum absolute atomic E-state index is 0.104. The molecule has 12 heteroatoms. The zero-order valence-corrected chi connectivity index (χ0v) is 11.5. The van der Waals surface area contributed by atoms with E-state index in [1.165, 1.54) is 4.90 Å². The first-order valence-corrected chi connectivity index (χ1v) is 6.15. The van der Waals surface area contributed by atoms with Gasteiger partial charge in [-0.15, -0.1) is 0 Å². The highest BCUT2D eigenvalue weighted by Gasteiger charge is 2.61. The molecule has 0 aromatic heterocycles. The predicted octanol–water partition coefficient (Wildman–Crippen LogP) is 0.0847. The largest absolute Gasteiger partial charge is 0.512 e. The minimum Gasteiger partial charge on any atom is -0.475 e. The van der Waals surface area contributed by atoms with Crippen molar-refractivity contribution in [3.05, 3.63) is 11.5 Å². The predicted molar refractivity (Wildman–Crippen MR) is 62.8 cm³/mol.